The third-order valence-electron chi connectivity index (χ3n) is 4.56. The van der Waals surface area contributed by atoms with Crippen molar-refractivity contribution in [1.82, 2.24) is 15.5 Å². The van der Waals surface area contributed by atoms with Gasteiger partial charge in [0.25, 0.3) is 0 Å². The number of primary amides is 1. The topological polar surface area (TPSA) is 92.0 Å². The molecule has 150 valence electrons. The van der Waals surface area contributed by atoms with Crippen molar-refractivity contribution in [2.45, 2.75) is 26.2 Å². The van der Waals surface area contributed by atoms with Crippen LogP contribution in [0.1, 0.15) is 26.2 Å². The van der Waals surface area contributed by atoms with Crippen LogP contribution in [0.4, 0.5) is 0 Å². The summed E-state index contributed by atoms with van der Waals surface area (Å²) < 4.78 is 5.68. The predicted molar refractivity (Wildman–Crippen MR) is 109 cm³/mol. The number of benzene rings is 1. The Hall–Kier alpha value is -2.28. The highest BCUT2D eigenvalue weighted by molar-refractivity contribution is 5.79. The third-order valence-corrected chi connectivity index (χ3v) is 4.56. The van der Waals surface area contributed by atoms with E-state index in [0.29, 0.717) is 13.2 Å². The summed E-state index contributed by atoms with van der Waals surface area (Å²) in [5.74, 6) is 1.51. The Morgan fingerprint density at radius 3 is 2.89 bits per heavy atom. The monoisotopic (exact) mass is 375 g/mol. The molecule has 1 saturated heterocycles. The molecule has 1 unspecified atom stereocenters. The van der Waals surface area contributed by atoms with E-state index < -0.39 is 0 Å². The number of nitrogens with one attached hydrogen (secondary N) is 2. The Bertz CT molecular complexity index is 579. The quantitative estimate of drug-likeness (QED) is 0.325. The van der Waals surface area contributed by atoms with E-state index in [2.05, 4.69) is 27.4 Å². The van der Waals surface area contributed by atoms with Gasteiger partial charge in [-0.2, -0.15) is 0 Å². The molecule has 0 radical (unpaired) electrons. The molecule has 27 heavy (non-hydrogen) atoms. The standard InChI is InChI=1S/C20H33N5O2/c1-2-22-20(24-12-15-27-18-9-4-3-5-10-18)23-11-7-14-25-13-6-8-17(16-25)19(21)26/h3-5,9-10,17H,2,6-8,11-16H2,1H3,(H2,21,26)(H2,22,23,24). The van der Waals surface area contributed by atoms with Crippen LogP contribution in [-0.4, -0.2) is 62.6 Å². The fourth-order valence-electron chi connectivity index (χ4n) is 3.17. The summed E-state index contributed by atoms with van der Waals surface area (Å²) in [6, 6.07) is 9.79. The fourth-order valence-corrected chi connectivity index (χ4v) is 3.17. The van der Waals surface area contributed by atoms with Gasteiger partial charge in [-0.3, -0.25) is 9.79 Å². The largest absolute Gasteiger partial charge is 0.492 e. The maximum Gasteiger partial charge on any atom is 0.221 e. The molecule has 1 atom stereocenters. The van der Waals surface area contributed by atoms with Crippen LogP contribution in [0.5, 0.6) is 5.75 Å². The summed E-state index contributed by atoms with van der Waals surface area (Å²) in [6.07, 6.45) is 2.93. The van der Waals surface area contributed by atoms with Crippen molar-refractivity contribution >= 4 is 11.9 Å². The fraction of sp³-hybridized carbons (Fsp3) is 0.600. The second kappa shape index (κ2) is 12.2. The molecule has 7 nitrogen and oxygen atoms in total. The number of ether oxygens (including phenoxy) is 1. The Morgan fingerprint density at radius 2 is 2.15 bits per heavy atom. The average molecular weight is 376 g/mol. The zero-order valence-electron chi connectivity index (χ0n) is 16.3. The van der Waals surface area contributed by atoms with Crippen LogP contribution in [0.2, 0.25) is 0 Å². The molecular formula is C20H33N5O2. The number of hydrogen-bond donors (Lipinski definition) is 3. The Kier molecular flexibility index (Phi) is 9.48. The molecule has 2 rings (SSSR count). The lowest BCUT2D eigenvalue weighted by Gasteiger charge is -2.30. The zero-order chi connectivity index (χ0) is 19.3. The van der Waals surface area contributed by atoms with Gasteiger partial charge in [0.1, 0.15) is 12.4 Å². The van der Waals surface area contributed by atoms with Crippen LogP contribution in [-0.2, 0) is 4.79 Å². The number of carbonyl (C=O) groups excluding carboxylic acids is 1. The van der Waals surface area contributed by atoms with E-state index in [1.807, 2.05) is 30.3 Å². The van der Waals surface area contributed by atoms with Crippen LogP contribution >= 0.6 is 0 Å². The van der Waals surface area contributed by atoms with Crippen molar-refractivity contribution < 1.29 is 9.53 Å². The maximum absolute atomic E-state index is 11.4. The zero-order valence-corrected chi connectivity index (χ0v) is 16.3. The molecule has 1 aliphatic heterocycles. The summed E-state index contributed by atoms with van der Waals surface area (Å²) >= 11 is 0. The minimum atomic E-state index is -0.172. The lowest BCUT2D eigenvalue weighted by molar-refractivity contribution is -0.123. The van der Waals surface area contributed by atoms with E-state index in [-0.39, 0.29) is 11.8 Å². The molecule has 0 aromatic heterocycles. The number of nitrogens with zero attached hydrogens (tertiary/aromatic N) is 2. The maximum atomic E-state index is 11.4. The molecular weight excluding hydrogens is 342 g/mol. The number of piperidine rings is 1. The Morgan fingerprint density at radius 1 is 1.33 bits per heavy atom. The summed E-state index contributed by atoms with van der Waals surface area (Å²) in [4.78, 5) is 18.3. The van der Waals surface area contributed by atoms with Gasteiger partial charge in [-0.1, -0.05) is 18.2 Å². The molecule has 1 fully saturated rings. The Labute approximate surface area is 162 Å². The highest BCUT2D eigenvalue weighted by atomic mass is 16.5. The van der Waals surface area contributed by atoms with Gasteiger partial charge in [-0.25, -0.2) is 0 Å². The molecule has 0 spiro atoms. The van der Waals surface area contributed by atoms with Crippen molar-refractivity contribution in [2.24, 2.45) is 16.6 Å². The molecule has 1 heterocycles. The first kappa shape index (κ1) is 21.0. The van der Waals surface area contributed by atoms with Gasteiger partial charge in [-0.05, 0) is 51.4 Å². The summed E-state index contributed by atoms with van der Waals surface area (Å²) in [5.41, 5.74) is 5.44. The molecule has 1 aromatic carbocycles. The number of rotatable bonds is 10. The molecule has 1 amide bonds. The summed E-state index contributed by atoms with van der Waals surface area (Å²) in [6.45, 7) is 7.66. The number of nitrogens with two attached hydrogens (primary N) is 1. The lowest BCUT2D eigenvalue weighted by atomic mass is 9.97. The normalized spacial score (nSPS) is 18.1. The van der Waals surface area contributed by atoms with Crippen LogP contribution in [0.25, 0.3) is 0 Å². The third kappa shape index (κ3) is 8.30. The van der Waals surface area contributed by atoms with Gasteiger partial charge in [0.05, 0.1) is 12.5 Å². The van der Waals surface area contributed by atoms with E-state index in [4.69, 9.17) is 10.5 Å². The summed E-state index contributed by atoms with van der Waals surface area (Å²) in [7, 11) is 0. The minimum absolute atomic E-state index is 0.00542. The van der Waals surface area contributed by atoms with Gasteiger partial charge in [-0.15, -0.1) is 0 Å². The number of amides is 1. The molecule has 1 aromatic rings. The van der Waals surface area contributed by atoms with Crippen molar-refractivity contribution in [3.05, 3.63) is 30.3 Å². The highest BCUT2D eigenvalue weighted by Gasteiger charge is 2.23. The summed E-state index contributed by atoms with van der Waals surface area (Å²) in [5, 5.41) is 6.54. The average Bonchev–Trinajstić information content (AvgIpc) is 2.69. The van der Waals surface area contributed by atoms with Crippen molar-refractivity contribution in [2.75, 3.05) is 45.9 Å². The van der Waals surface area contributed by atoms with Gasteiger partial charge in [0.2, 0.25) is 5.91 Å². The van der Waals surface area contributed by atoms with Crippen molar-refractivity contribution in [3.63, 3.8) is 0 Å². The van der Waals surface area contributed by atoms with Gasteiger partial charge in [0, 0.05) is 19.6 Å². The van der Waals surface area contributed by atoms with E-state index in [1.54, 1.807) is 0 Å². The van der Waals surface area contributed by atoms with E-state index in [0.717, 1.165) is 63.7 Å². The van der Waals surface area contributed by atoms with E-state index in [1.165, 1.54) is 0 Å². The molecule has 7 heteroatoms. The number of hydrogen-bond acceptors (Lipinski definition) is 4. The SMILES string of the molecule is CCNC(=NCCCN1CCCC(C(N)=O)C1)NCCOc1ccccc1. The molecule has 0 aliphatic carbocycles. The van der Waals surface area contributed by atoms with Gasteiger partial charge >= 0.3 is 0 Å². The first-order valence-electron chi connectivity index (χ1n) is 9.90. The first-order chi connectivity index (χ1) is 13.2. The second-order valence-electron chi connectivity index (χ2n) is 6.74. The smallest absolute Gasteiger partial charge is 0.221 e. The predicted octanol–water partition coefficient (Wildman–Crippen LogP) is 1.21. The van der Waals surface area contributed by atoms with Crippen LogP contribution in [0.3, 0.4) is 0 Å². The molecule has 4 N–H and O–H groups in total. The van der Waals surface area contributed by atoms with Crippen LogP contribution in [0.15, 0.2) is 35.3 Å². The van der Waals surface area contributed by atoms with Crippen molar-refractivity contribution in [3.8, 4) is 5.75 Å². The first-order valence-corrected chi connectivity index (χ1v) is 9.90. The van der Waals surface area contributed by atoms with Crippen molar-refractivity contribution in [1.29, 1.82) is 0 Å². The lowest BCUT2D eigenvalue weighted by Crippen LogP contribution is -2.41. The second-order valence-corrected chi connectivity index (χ2v) is 6.74. The molecule has 1 aliphatic rings. The minimum Gasteiger partial charge on any atom is -0.492 e. The number of para-hydroxylation sites is 1. The highest BCUT2D eigenvalue weighted by Crippen LogP contribution is 2.15. The molecule has 0 saturated carbocycles. The number of carbonyl (C=O) groups is 1. The Balaban J connectivity index is 1.64. The van der Waals surface area contributed by atoms with Crippen LogP contribution < -0.4 is 21.1 Å². The van der Waals surface area contributed by atoms with E-state index >= 15 is 0 Å². The number of guanidine groups is 1. The number of aliphatic imine (C=N–C) groups is 1. The molecule has 0 bridgehead atoms. The van der Waals surface area contributed by atoms with Crippen LogP contribution in [0, 0.1) is 5.92 Å². The van der Waals surface area contributed by atoms with E-state index in [9.17, 15) is 4.79 Å². The van der Waals surface area contributed by atoms with Gasteiger partial charge < -0.3 is 26.0 Å². The number of likely N-dealkylation sites (tertiary alicyclic amines) is 1. The van der Waals surface area contributed by atoms with Gasteiger partial charge in [0.15, 0.2) is 5.96 Å².